The normalized spacial score (nSPS) is 23.3. The minimum Gasteiger partial charge on any atom is -0.467 e. The molecule has 3 rings (SSSR count). The summed E-state index contributed by atoms with van der Waals surface area (Å²) in [6.07, 6.45) is 6.19. The first-order chi connectivity index (χ1) is 14.4. The number of benzene rings is 2. The van der Waals surface area contributed by atoms with E-state index in [0.717, 1.165) is 12.0 Å². The molecule has 0 unspecified atom stereocenters. The SMILES string of the molecule is COC(=O)[C@@H](Cc1ccccc1)N=C[C@@H]1C[C@H](C)CC[C@H]1C(C)(C)c1ccccc1. The van der Waals surface area contributed by atoms with E-state index in [9.17, 15) is 4.79 Å². The smallest absolute Gasteiger partial charge is 0.330 e. The Labute approximate surface area is 181 Å². The first-order valence-electron chi connectivity index (χ1n) is 11.1. The van der Waals surface area contributed by atoms with Gasteiger partial charge < -0.3 is 4.74 Å². The highest BCUT2D eigenvalue weighted by Crippen LogP contribution is 2.45. The minimum absolute atomic E-state index is 0.0538. The van der Waals surface area contributed by atoms with E-state index in [4.69, 9.17) is 9.73 Å². The van der Waals surface area contributed by atoms with Crippen LogP contribution in [0.15, 0.2) is 65.7 Å². The molecule has 0 amide bonds. The largest absolute Gasteiger partial charge is 0.467 e. The Morgan fingerprint density at radius 1 is 1.10 bits per heavy atom. The topological polar surface area (TPSA) is 38.7 Å². The van der Waals surface area contributed by atoms with Gasteiger partial charge in [-0.25, -0.2) is 4.79 Å². The van der Waals surface area contributed by atoms with E-state index >= 15 is 0 Å². The van der Waals surface area contributed by atoms with Gasteiger partial charge in [-0.2, -0.15) is 0 Å². The fourth-order valence-corrected chi connectivity index (χ4v) is 4.95. The van der Waals surface area contributed by atoms with Gasteiger partial charge in [-0.3, -0.25) is 4.99 Å². The van der Waals surface area contributed by atoms with Crippen LogP contribution in [0.1, 0.15) is 51.2 Å². The Morgan fingerprint density at radius 3 is 2.37 bits per heavy atom. The van der Waals surface area contributed by atoms with Gasteiger partial charge >= 0.3 is 5.97 Å². The zero-order valence-electron chi connectivity index (χ0n) is 18.8. The van der Waals surface area contributed by atoms with Crippen LogP contribution in [0.3, 0.4) is 0 Å². The molecule has 1 saturated carbocycles. The van der Waals surface area contributed by atoms with Gasteiger partial charge in [-0.1, -0.05) is 87.9 Å². The lowest BCUT2D eigenvalue weighted by Crippen LogP contribution is -2.39. The van der Waals surface area contributed by atoms with E-state index in [-0.39, 0.29) is 11.4 Å². The lowest BCUT2D eigenvalue weighted by molar-refractivity contribution is -0.142. The monoisotopic (exact) mass is 405 g/mol. The summed E-state index contributed by atoms with van der Waals surface area (Å²) >= 11 is 0. The summed E-state index contributed by atoms with van der Waals surface area (Å²) in [6, 6.07) is 20.4. The Bertz CT molecular complexity index is 828. The molecule has 2 aromatic rings. The Hall–Kier alpha value is -2.42. The number of rotatable bonds is 7. The lowest BCUT2D eigenvalue weighted by atomic mass is 9.61. The maximum absolute atomic E-state index is 12.4. The second-order valence-electron chi connectivity index (χ2n) is 9.30. The summed E-state index contributed by atoms with van der Waals surface area (Å²) < 4.78 is 5.06. The van der Waals surface area contributed by atoms with Crippen molar-refractivity contribution in [3.05, 3.63) is 71.8 Å². The third-order valence-electron chi connectivity index (χ3n) is 6.81. The molecule has 0 spiro atoms. The van der Waals surface area contributed by atoms with Gasteiger partial charge in [0.1, 0.15) is 0 Å². The van der Waals surface area contributed by atoms with E-state index in [0.29, 0.717) is 24.2 Å². The van der Waals surface area contributed by atoms with E-state index in [2.05, 4.69) is 57.3 Å². The van der Waals surface area contributed by atoms with Gasteiger partial charge in [0.25, 0.3) is 0 Å². The lowest BCUT2D eigenvalue weighted by Gasteiger charge is -2.43. The maximum Gasteiger partial charge on any atom is 0.330 e. The van der Waals surface area contributed by atoms with Crippen LogP contribution in [0.2, 0.25) is 0 Å². The molecule has 1 fully saturated rings. The predicted octanol–water partition coefficient (Wildman–Crippen LogP) is 5.87. The van der Waals surface area contributed by atoms with Crippen LogP contribution in [0, 0.1) is 17.8 Å². The minimum atomic E-state index is -0.491. The molecule has 0 N–H and O–H groups in total. The number of methoxy groups -OCH3 is 1. The number of carbonyl (C=O) groups is 1. The molecule has 0 heterocycles. The summed E-state index contributed by atoms with van der Waals surface area (Å²) in [5.41, 5.74) is 2.53. The van der Waals surface area contributed by atoms with Crippen molar-refractivity contribution in [1.82, 2.24) is 0 Å². The van der Waals surface area contributed by atoms with E-state index in [1.54, 1.807) is 0 Å². The molecule has 0 aromatic heterocycles. The average molecular weight is 406 g/mol. The van der Waals surface area contributed by atoms with Crippen molar-refractivity contribution in [2.75, 3.05) is 7.11 Å². The maximum atomic E-state index is 12.4. The molecule has 3 nitrogen and oxygen atoms in total. The first-order valence-corrected chi connectivity index (χ1v) is 11.1. The second kappa shape index (κ2) is 10.1. The van der Waals surface area contributed by atoms with Crippen LogP contribution in [0.25, 0.3) is 0 Å². The zero-order chi connectivity index (χ0) is 21.6. The van der Waals surface area contributed by atoms with E-state index < -0.39 is 6.04 Å². The second-order valence-corrected chi connectivity index (χ2v) is 9.30. The van der Waals surface area contributed by atoms with Crippen molar-refractivity contribution in [2.45, 2.75) is 57.9 Å². The summed E-state index contributed by atoms with van der Waals surface area (Å²) in [5, 5.41) is 0. The molecule has 0 radical (unpaired) electrons. The molecule has 0 saturated heterocycles. The van der Waals surface area contributed by atoms with Crippen molar-refractivity contribution in [2.24, 2.45) is 22.7 Å². The van der Waals surface area contributed by atoms with Gasteiger partial charge in [0.2, 0.25) is 0 Å². The number of aliphatic imine (C=N–C) groups is 1. The molecule has 30 heavy (non-hydrogen) atoms. The molecule has 0 bridgehead atoms. The van der Waals surface area contributed by atoms with Gasteiger partial charge in [0, 0.05) is 12.6 Å². The van der Waals surface area contributed by atoms with Gasteiger partial charge in [-0.15, -0.1) is 0 Å². The van der Waals surface area contributed by atoms with Crippen LogP contribution in [-0.4, -0.2) is 25.3 Å². The molecule has 0 aliphatic heterocycles. The van der Waals surface area contributed by atoms with Crippen molar-refractivity contribution in [1.29, 1.82) is 0 Å². The highest BCUT2D eigenvalue weighted by Gasteiger charge is 2.39. The molecule has 3 heteroatoms. The fourth-order valence-electron chi connectivity index (χ4n) is 4.95. The summed E-state index contributed by atoms with van der Waals surface area (Å²) in [6.45, 7) is 7.03. The summed E-state index contributed by atoms with van der Waals surface area (Å²) in [5.74, 6) is 1.26. The predicted molar refractivity (Wildman–Crippen MR) is 124 cm³/mol. The summed E-state index contributed by atoms with van der Waals surface area (Å²) in [4.78, 5) is 17.2. The third kappa shape index (κ3) is 5.38. The van der Waals surface area contributed by atoms with E-state index in [1.165, 1.54) is 25.5 Å². The Kier molecular flexibility index (Phi) is 7.47. The molecule has 4 atom stereocenters. The Balaban J connectivity index is 1.83. The number of ether oxygens (including phenoxy) is 1. The average Bonchev–Trinajstić information content (AvgIpc) is 2.77. The number of carbonyl (C=O) groups excluding carboxylic acids is 1. The van der Waals surface area contributed by atoms with Crippen LogP contribution in [0.4, 0.5) is 0 Å². The van der Waals surface area contributed by atoms with Gasteiger partial charge in [0.15, 0.2) is 6.04 Å². The molecule has 1 aliphatic carbocycles. The first kappa shape index (κ1) is 22.3. The molecular weight excluding hydrogens is 370 g/mol. The Morgan fingerprint density at radius 2 is 1.73 bits per heavy atom. The molecule has 2 aromatic carbocycles. The number of esters is 1. The van der Waals surface area contributed by atoms with Crippen LogP contribution in [-0.2, 0) is 21.4 Å². The third-order valence-corrected chi connectivity index (χ3v) is 6.81. The number of hydrogen-bond donors (Lipinski definition) is 0. The van der Waals surface area contributed by atoms with Crippen molar-refractivity contribution >= 4 is 12.2 Å². The van der Waals surface area contributed by atoms with Crippen LogP contribution >= 0.6 is 0 Å². The standard InChI is InChI=1S/C27H35NO2/c1-20-15-16-24(27(2,3)23-13-9-6-10-14-23)22(17-20)19-28-25(26(29)30-4)18-21-11-7-5-8-12-21/h5-14,19-20,22,24-25H,15-18H2,1-4H3/t20-,22+,24-,25-/m1/s1. The van der Waals surface area contributed by atoms with Crippen molar-refractivity contribution < 1.29 is 9.53 Å². The highest BCUT2D eigenvalue weighted by atomic mass is 16.5. The molecule has 160 valence electrons. The number of hydrogen-bond acceptors (Lipinski definition) is 3. The molecular formula is C27H35NO2. The van der Waals surface area contributed by atoms with Crippen LogP contribution in [0.5, 0.6) is 0 Å². The molecule has 1 aliphatic rings. The van der Waals surface area contributed by atoms with E-state index in [1.807, 2.05) is 30.3 Å². The van der Waals surface area contributed by atoms with Crippen LogP contribution < -0.4 is 0 Å². The summed E-state index contributed by atoms with van der Waals surface area (Å²) in [7, 11) is 1.44. The van der Waals surface area contributed by atoms with Gasteiger partial charge in [-0.05, 0) is 47.1 Å². The van der Waals surface area contributed by atoms with Crippen molar-refractivity contribution in [3.63, 3.8) is 0 Å². The quantitative estimate of drug-likeness (QED) is 0.427. The van der Waals surface area contributed by atoms with Gasteiger partial charge in [0.05, 0.1) is 7.11 Å². The van der Waals surface area contributed by atoms with Crippen molar-refractivity contribution in [3.8, 4) is 0 Å². The fraction of sp³-hybridized carbons (Fsp3) is 0.481. The highest BCUT2D eigenvalue weighted by molar-refractivity contribution is 5.78. The zero-order valence-corrected chi connectivity index (χ0v) is 18.8. The number of nitrogens with zero attached hydrogens (tertiary/aromatic N) is 1.